The third kappa shape index (κ3) is 2.06. The average Bonchev–Trinajstić information content (AvgIpc) is 2.10. The van der Waals surface area contributed by atoms with Crippen LogP contribution in [0.5, 0.6) is 0 Å². The first-order valence-corrected chi connectivity index (χ1v) is 4.39. The molecule has 0 aromatic heterocycles. The minimum atomic E-state index is -0.659. The number of halogens is 2. The molecule has 0 bridgehead atoms. The van der Waals surface area contributed by atoms with E-state index in [-0.39, 0.29) is 5.56 Å². The maximum absolute atomic E-state index is 13.1. The highest BCUT2D eigenvalue weighted by Crippen LogP contribution is 2.20. The zero-order valence-corrected chi connectivity index (χ0v) is 8.81. The van der Waals surface area contributed by atoms with E-state index in [1.807, 2.05) is 0 Å². The van der Waals surface area contributed by atoms with Crippen LogP contribution in [0.25, 0.3) is 0 Å². The van der Waals surface area contributed by atoms with Crippen LogP contribution in [-0.2, 0) is 4.74 Å². The Morgan fingerprint density at radius 3 is 2.69 bits per heavy atom. The van der Waals surface area contributed by atoms with Crippen molar-refractivity contribution in [2.75, 3.05) is 7.11 Å². The molecular formula is C9H8BrFO2. The first-order chi connectivity index (χ1) is 6.06. The molecule has 0 aliphatic heterocycles. The summed E-state index contributed by atoms with van der Waals surface area (Å²) in [6, 6.07) is 2.70. The smallest absolute Gasteiger partial charge is 0.340 e. The highest BCUT2D eigenvalue weighted by molar-refractivity contribution is 9.10. The van der Waals surface area contributed by atoms with Gasteiger partial charge in [0.2, 0.25) is 0 Å². The molecule has 0 aliphatic rings. The van der Waals surface area contributed by atoms with Crippen molar-refractivity contribution in [2.45, 2.75) is 6.92 Å². The van der Waals surface area contributed by atoms with Gasteiger partial charge >= 0.3 is 5.97 Å². The summed E-state index contributed by atoms with van der Waals surface area (Å²) >= 11 is 3.16. The Labute approximate surface area is 83.8 Å². The molecular weight excluding hydrogens is 239 g/mol. The van der Waals surface area contributed by atoms with E-state index in [0.29, 0.717) is 4.47 Å². The summed E-state index contributed by atoms with van der Waals surface area (Å²) in [5, 5.41) is 0. The summed E-state index contributed by atoms with van der Waals surface area (Å²) in [6.45, 7) is 1.77. The summed E-state index contributed by atoms with van der Waals surface area (Å²) in [4.78, 5) is 11.0. The lowest BCUT2D eigenvalue weighted by Gasteiger charge is -2.03. The lowest BCUT2D eigenvalue weighted by atomic mass is 10.1. The molecule has 0 radical (unpaired) electrons. The van der Waals surface area contributed by atoms with Gasteiger partial charge in [0.25, 0.3) is 0 Å². The van der Waals surface area contributed by atoms with Gasteiger partial charge < -0.3 is 4.74 Å². The van der Waals surface area contributed by atoms with E-state index in [2.05, 4.69) is 20.7 Å². The molecule has 13 heavy (non-hydrogen) atoms. The summed E-state index contributed by atoms with van der Waals surface area (Å²) < 4.78 is 18.2. The van der Waals surface area contributed by atoms with Crippen LogP contribution < -0.4 is 0 Å². The molecule has 0 amide bonds. The number of esters is 1. The average molecular weight is 247 g/mol. The molecule has 0 spiro atoms. The summed E-state index contributed by atoms with van der Waals surface area (Å²) in [5.41, 5.74) is 0.755. The first kappa shape index (κ1) is 10.2. The molecule has 0 unspecified atom stereocenters. The fraction of sp³-hybridized carbons (Fsp3) is 0.222. The quantitative estimate of drug-likeness (QED) is 0.713. The second-order valence-corrected chi connectivity index (χ2v) is 3.43. The highest BCUT2D eigenvalue weighted by atomic mass is 79.9. The Morgan fingerprint density at radius 2 is 2.15 bits per heavy atom. The Kier molecular flexibility index (Phi) is 3.03. The van der Waals surface area contributed by atoms with Crippen molar-refractivity contribution in [1.82, 2.24) is 0 Å². The SMILES string of the molecule is COC(=O)c1cc(C)c(Br)cc1F. The second-order valence-electron chi connectivity index (χ2n) is 2.57. The molecule has 1 aromatic carbocycles. The number of hydrogen-bond acceptors (Lipinski definition) is 2. The maximum Gasteiger partial charge on any atom is 0.340 e. The van der Waals surface area contributed by atoms with Crippen molar-refractivity contribution in [3.8, 4) is 0 Å². The predicted molar refractivity (Wildman–Crippen MR) is 50.2 cm³/mol. The molecule has 2 nitrogen and oxygen atoms in total. The topological polar surface area (TPSA) is 26.3 Å². The monoisotopic (exact) mass is 246 g/mol. The Morgan fingerprint density at radius 1 is 1.54 bits per heavy atom. The van der Waals surface area contributed by atoms with E-state index in [4.69, 9.17) is 0 Å². The Balaban J connectivity index is 3.23. The lowest BCUT2D eigenvalue weighted by Crippen LogP contribution is -2.04. The number of benzene rings is 1. The van der Waals surface area contributed by atoms with Crippen LogP contribution in [0.15, 0.2) is 16.6 Å². The van der Waals surface area contributed by atoms with Gasteiger partial charge in [-0.2, -0.15) is 0 Å². The molecule has 0 heterocycles. The van der Waals surface area contributed by atoms with Gasteiger partial charge in [0, 0.05) is 4.47 Å². The van der Waals surface area contributed by atoms with Gasteiger partial charge in [0.15, 0.2) is 0 Å². The molecule has 4 heteroatoms. The predicted octanol–water partition coefficient (Wildman–Crippen LogP) is 2.68. The molecule has 70 valence electrons. The van der Waals surface area contributed by atoms with Crippen LogP contribution >= 0.6 is 15.9 Å². The molecule has 1 aromatic rings. The molecule has 0 saturated carbocycles. The minimum absolute atomic E-state index is 0.0387. The van der Waals surface area contributed by atoms with E-state index in [9.17, 15) is 9.18 Å². The van der Waals surface area contributed by atoms with Gasteiger partial charge in [0.1, 0.15) is 5.82 Å². The fourth-order valence-corrected chi connectivity index (χ4v) is 1.24. The maximum atomic E-state index is 13.1. The van der Waals surface area contributed by atoms with Gasteiger partial charge in [-0.25, -0.2) is 9.18 Å². The summed E-state index contributed by atoms with van der Waals surface area (Å²) in [7, 11) is 1.22. The fourth-order valence-electron chi connectivity index (χ4n) is 0.924. The van der Waals surface area contributed by atoms with Gasteiger partial charge in [-0.15, -0.1) is 0 Å². The van der Waals surface area contributed by atoms with Crippen molar-refractivity contribution < 1.29 is 13.9 Å². The van der Waals surface area contributed by atoms with Crippen LogP contribution in [0, 0.1) is 12.7 Å². The van der Waals surface area contributed by atoms with Gasteiger partial charge in [0.05, 0.1) is 12.7 Å². The van der Waals surface area contributed by atoms with Gasteiger partial charge in [-0.1, -0.05) is 15.9 Å². The van der Waals surface area contributed by atoms with Crippen molar-refractivity contribution in [1.29, 1.82) is 0 Å². The number of carbonyl (C=O) groups is 1. The number of ether oxygens (including phenoxy) is 1. The molecule has 0 saturated heterocycles. The number of carbonyl (C=O) groups excluding carboxylic acids is 1. The number of aryl methyl sites for hydroxylation is 1. The van der Waals surface area contributed by atoms with Crippen molar-refractivity contribution in [3.05, 3.63) is 33.5 Å². The molecule has 1 rings (SSSR count). The zero-order valence-electron chi connectivity index (χ0n) is 7.23. The van der Waals surface area contributed by atoms with E-state index in [0.717, 1.165) is 5.56 Å². The highest BCUT2D eigenvalue weighted by Gasteiger charge is 2.13. The molecule has 0 atom stereocenters. The van der Waals surface area contributed by atoms with Crippen LogP contribution in [0.1, 0.15) is 15.9 Å². The number of rotatable bonds is 1. The zero-order chi connectivity index (χ0) is 10.0. The molecule has 0 fully saturated rings. The first-order valence-electron chi connectivity index (χ1n) is 3.60. The second kappa shape index (κ2) is 3.87. The minimum Gasteiger partial charge on any atom is -0.465 e. The Bertz CT molecular complexity index is 350. The van der Waals surface area contributed by atoms with Crippen molar-refractivity contribution in [2.24, 2.45) is 0 Å². The van der Waals surface area contributed by atoms with Gasteiger partial charge in [-0.05, 0) is 24.6 Å². The van der Waals surface area contributed by atoms with Crippen molar-refractivity contribution >= 4 is 21.9 Å². The van der Waals surface area contributed by atoms with Crippen LogP contribution in [-0.4, -0.2) is 13.1 Å². The van der Waals surface area contributed by atoms with E-state index in [1.54, 1.807) is 6.92 Å². The van der Waals surface area contributed by atoms with Crippen LogP contribution in [0.3, 0.4) is 0 Å². The third-order valence-electron chi connectivity index (χ3n) is 1.65. The largest absolute Gasteiger partial charge is 0.465 e. The van der Waals surface area contributed by atoms with Crippen molar-refractivity contribution in [3.63, 3.8) is 0 Å². The number of hydrogen-bond donors (Lipinski definition) is 0. The Hall–Kier alpha value is -0.900. The third-order valence-corrected chi connectivity index (χ3v) is 2.51. The number of methoxy groups -OCH3 is 1. The van der Waals surface area contributed by atoms with Crippen LogP contribution in [0.2, 0.25) is 0 Å². The van der Waals surface area contributed by atoms with E-state index >= 15 is 0 Å². The standard InChI is InChI=1S/C9H8BrFO2/c1-5-3-6(9(12)13-2)8(11)4-7(5)10/h3-4H,1-2H3. The molecule has 0 N–H and O–H groups in total. The van der Waals surface area contributed by atoms with E-state index < -0.39 is 11.8 Å². The van der Waals surface area contributed by atoms with E-state index in [1.165, 1.54) is 19.2 Å². The summed E-state index contributed by atoms with van der Waals surface area (Å²) in [6.07, 6.45) is 0. The normalized spacial score (nSPS) is 9.85. The van der Waals surface area contributed by atoms with Crippen LogP contribution in [0.4, 0.5) is 4.39 Å². The lowest BCUT2D eigenvalue weighted by molar-refractivity contribution is 0.0595. The van der Waals surface area contributed by atoms with Gasteiger partial charge in [-0.3, -0.25) is 0 Å². The summed E-state index contributed by atoms with van der Waals surface area (Å²) in [5.74, 6) is -1.24. The molecule has 0 aliphatic carbocycles.